The van der Waals surface area contributed by atoms with E-state index in [1.807, 2.05) is 18.4 Å². The van der Waals surface area contributed by atoms with Crippen LogP contribution in [0, 0.1) is 0 Å². The van der Waals surface area contributed by atoms with Crippen LogP contribution in [0.4, 0.5) is 0 Å². The number of nitrogens with one attached hydrogen (secondary N) is 2. The standard InChI is InChI=1S/C17H18N2S/c1-18-9-8-11-10-14-16(20-11)7-6-13-12-4-2-3-5-15(12)19-17(13)14/h2-5,10,18-19H,6-9H2,1H3. The molecule has 2 nitrogen and oxygen atoms in total. The van der Waals surface area contributed by atoms with Gasteiger partial charge in [0.05, 0.1) is 5.69 Å². The number of likely N-dealkylation sites (N-methyl/N-ethyl adjacent to an activating group) is 1. The van der Waals surface area contributed by atoms with Crippen LogP contribution in [0.5, 0.6) is 0 Å². The third-order valence-corrected chi connectivity index (χ3v) is 5.42. The second kappa shape index (κ2) is 4.76. The maximum atomic E-state index is 3.63. The summed E-state index contributed by atoms with van der Waals surface area (Å²) in [4.78, 5) is 6.68. The number of hydrogen-bond donors (Lipinski definition) is 2. The molecule has 0 aliphatic heterocycles. The van der Waals surface area contributed by atoms with Gasteiger partial charge >= 0.3 is 0 Å². The Morgan fingerprint density at radius 3 is 3.05 bits per heavy atom. The smallest absolute Gasteiger partial charge is 0.0508 e. The average Bonchev–Trinajstić information content (AvgIpc) is 3.05. The van der Waals surface area contributed by atoms with E-state index >= 15 is 0 Å². The highest BCUT2D eigenvalue weighted by Crippen LogP contribution is 2.41. The Hall–Kier alpha value is -1.58. The Labute approximate surface area is 122 Å². The molecule has 0 spiro atoms. The molecule has 3 heteroatoms. The maximum Gasteiger partial charge on any atom is 0.0508 e. The van der Waals surface area contributed by atoms with Crippen molar-refractivity contribution >= 4 is 22.2 Å². The van der Waals surface area contributed by atoms with Crippen LogP contribution in [0.25, 0.3) is 22.2 Å². The Balaban J connectivity index is 1.84. The van der Waals surface area contributed by atoms with Crippen molar-refractivity contribution in [1.29, 1.82) is 0 Å². The van der Waals surface area contributed by atoms with E-state index in [1.165, 1.54) is 45.4 Å². The third kappa shape index (κ3) is 1.81. The molecule has 1 aromatic carbocycles. The van der Waals surface area contributed by atoms with Gasteiger partial charge in [-0.05, 0) is 50.6 Å². The van der Waals surface area contributed by atoms with Crippen LogP contribution < -0.4 is 5.32 Å². The average molecular weight is 282 g/mol. The van der Waals surface area contributed by atoms with E-state index in [-0.39, 0.29) is 0 Å². The van der Waals surface area contributed by atoms with E-state index in [9.17, 15) is 0 Å². The van der Waals surface area contributed by atoms with Crippen LogP contribution in [0.1, 0.15) is 15.3 Å². The lowest BCUT2D eigenvalue weighted by atomic mass is 9.94. The Morgan fingerprint density at radius 2 is 2.15 bits per heavy atom. The number of H-pyrrole nitrogens is 1. The summed E-state index contributed by atoms with van der Waals surface area (Å²) >= 11 is 1.99. The largest absolute Gasteiger partial charge is 0.354 e. The summed E-state index contributed by atoms with van der Waals surface area (Å²) < 4.78 is 0. The Kier molecular flexibility index (Phi) is 2.90. The minimum absolute atomic E-state index is 1.05. The lowest BCUT2D eigenvalue weighted by molar-refractivity contribution is 0.799. The van der Waals surface area contributed by atoms with Crippen LogP contribution in [0.15, 0.2) is 30.3 Å². The first-order chi connectivity index (χ1) is 9.86. The molecular formula is C17H18N2S. The first-order valence-electron chi connectivity index (χ1n) is 7.23. The molecule has 2 aromatic heterocycles. The molecule has 0 unspecified atom stereocenters. The number of benzene rings is 1. The van der Waals surface area contributed by atoms with Crippen molar-refractivity contribution in [3.05, 3.63) is 45.6 Å². The normalized spacial score (nSPS) is 13.4. The zero-order chi connectivity index (χ0) is 13.5. The minimum atomic E-state index is 1.05. The van der Waals surface area contributed by atoms with Crippen molar-refractivity contribution in [1.82, 2.24) is 10.3 Å². The number of aromatic nitrogens is 1. The van der Waals surface area contributed by atoms with Crippen molar-refractivity contribution in [2.75, 3.05) is 13.6 Å². The second-order valence-electron chi connectivity index (χ2n) is 5.43. The molecule has 0 atom stereocenters. The summed E-state index contributed by atoms with van der Waals surface area (Å²) in [5.41, 5.74) is 5.58. The summed E-state index contributed by atoms with van der Waals surface area (Å²) in [6.07, 6.45) is 3.48. The Morgan fingerprint density at radius 1 is 1.25 bits per heavy atom. The molecule has 0 radical (unpaired) electrons. The van der Waals surface area contributed by atoms with Crippen LogP contribution in [-0.4, -0.2) is 18.6 Å². The number of thiophene rings is 1. The molecule has 102 valence electrons. The number of aromatic amines is 1. The number of fused-ring (bicyclic) bond motifs is 5. The summed E-state index contributed by atoms with van der Waals surface area (Å²) in [5, 5.41) is 4.64. The number of rotatable bonds is 3. The van der Waals surface area contributed by atoms with Gasteiger partial charge in [0.25, 0.3) is 0 Å². The molecule has 4 rings (SSSR count). The van der Waals surface area contributed by atoms with Crippen LogP contribution >= 0.6 is 11.3 Å². The molecule has 2 N–H and O–H groups in total. The topological polar surface area (TPSA) is 27.8 Å². The lowest BCUT2D eigenvalue weighted by Crippen LogP contribution is -2.09. The van der Waals surface area contributed by atoms with E-state index in [2.05, 4.69) is 40.6 Å². The van der Waals surface area contributed by atoms with Crippen molar-refractivity contribution in [3.63, 3.8) is 0 Å². The van der Waals surface area contributed by atoms with Crippen LogP contribution in [-0.2, 0) is 19.3 Å². The fourth-order valence-corrected chi connectivity index (χ4v) is 4.35. The molecule has 0 saturated heterocycles. The van der Waals surface area contributed by atoms with Crippen LogP contribution in [0.3, 0.4) is 0 Å². The first kappa shape index (κ1) is 12.2. The van der Waals surface area contributed by atoms with Gasteiger partial charge < -0.3 is 10.3 Å². The zero-order valence-corrected chi connectivity index (χ0v) is 12.4. The molecule has 2 heterocycles. The SMILES string of the molecule is CNCCc1cc2c(s1)CCc1c-2[nH]c2ccccc12. The van der Waals surface area contributed by atoms with Gasteiger partial charge in [-0.15, -0.1) is 11.3 Å². The van der Waals surface area contributed by atoms with E-state index in [0.717, 1.165) is 13.0 Å². The third-order valence-electron chi connectivity index (χ3n) is 4.17. The first-order valence-corrected chi connectivity index (χ1v) is 8.04. The molecule has 1 aliphatic rings. The number of aryl methyl sites for hydroxylation is 2. The van der Waals surface area contributed by atoms with Crippen molar-refractivity contribution in [2.24, 2.45) is 0 Å². The highest BCUT2D eigenvalue weighted by atomic mass is 32.1. The summed E-state index contributed by atoms with van der Waals surface area (Å²) in [6, 6.07) is 11.1. The monoisotopic (exact) mass is 282 g/mol. The van der Waals surface area contributed by atoms with Gasteiger partial charge in [0.2, 0.25) is 0 Å². The van der Waals surface area contributed by atoms with Gasteiger partial charge in [0.15, 0.2) is 0 Å². The van der Waals surface area contributed by atoms with Gasteiger partial charge in [0, 0.05) is 26.2 Å². The molecular weight excluding hydrogens is 264 g/mol. The van der Waals surface area contributed by atoms with Gasteiger partial charge in [-0.1, -0.05) is 18.2 Å². The predicted octanol–water partition coefficient (Wildman–Crippen LogP) is 3.76. The number of hydrogen-bond acceptors (Lipinski definition) is 2. The van der Waals surface area contributed by atoms with E-state index in [1.54, 1.807) is 4.88 Å². The molecule has 1 aliphatic carbocycles. The quantitative estimate of drug-likeness (QED) is 0.752. The van der Waals surface area contributed by atoms with Crippen LogP contribution in [0.2, 0.25) is 0 Å². The summed E-state index contributed by atoms with van der Waals surface area (Å²) in [5.74, 6) is 0. The van der Waals surface area contributed by atoms with Crippen molar-refractivity contribution in [2.45, 2.75) is 19.3 Å². The van der Waals surface area contributed by atoms with Gasteiger partial charge in [0.1, 0.15) is 0 Å². The fourth-order valence-electron chi connectivity index (χ4n) is 3.18. The van der Waals surface area contributed by atoms with Gasteiger partial charge in [-0.25, -0.2) is 0 Å². The minimum Gasteiger partial charge on any atom is -0.354 e. The van der Waals surface area contributed by atoms with E-state index < -0.39 is 0 Å². The number of para-hydroxylation sites is 1. The summed E-state index contributed by atoms with van der Waals surface area (Å²) in [7, 11) is 2.02. The molecule has 0 bridgehead atoms. The lowest BCUT2D eigenvalue weighted by Gasteiger charge is -2.11. The molecule has 0 amide bonds. The Bertz CT molecular complexity index is 766. The van der Waals surface area contributed by atoms with E-state index in [4.69, 9.17) is 0 Å². The van der Waals surface area contributed by atoms with Gasteiger partial charge in [-0.3, -0.25) is 0 Å². The maximum absolute atomic E-state index is 3.63. The predicted molar refractivity (Wildman–Crippen MR) is 86.7 cm³/mol. The van der Waals surface area contributed by atoms with Gasteiger partial charge in [-0.2, -0.15) is 0 Å². The fraction of sp³-hybridized carbons (Fsp3) is 0.294. The van der Waals surface area contributed by atoms with Crippen molar-refractivity contribution < 1.29 is 0 Å². The highest BCUT2D eigenvalue weighted by molar-refractivity contribution is 7.12. The van der Waals surface area contributed by atoms with Crippen molar-refractivity contribution in [3.8, 4) is 11.3 Å². The highest BCUT2D eigenvalue weighted by Gasteiger charge is 2.22. The second-order valence-corrected chi connectivity index (χ2v) is 6.65. The molecule has 20 heavy (non-hydrogen) atoms. The molecule has 0 saturated carbocycles. The zero-order valence-electron chi connectivity index (χ0n) is 11.6. The molecule has 3 aromatic rings. The summed E-state index contributed by atoms with van der Waals surface area (Å²) in [6.45, 7) is 1.05. The van der Waals surface area contributed by atoms with E-state index in [0.29, 0.717) is 0 Å². The molecule has 0 fully saturated rings.